The first-order valence-electron chi connectivity index (χ1n) is 7.95. The molecule has 0 aliphatic heterocycles. The van der Waals surface area contributed by atoms with Gasteiger partial charge in [0.1, 0.15) is 0 Å². The Bertz CT molecular complexity index is 448. The zero-order valence-corrected chi connectivity index (χ0v) is 14.0. The third kappa shape index (κ3) is 7.43. The molecule has 1 aromatic carbocycles. The standard InChI is InChI=1S/C17H29N3O2/c1-4-22-16-9-5-8-15(17(16)21)14-19-11-6-10-18-12-7-13-20(2)3/h5,8-9,14,18,21H,4,6-7,10-13H2,1-3H3. The lowest BCUT2D eigenvalue weighted by molar-refractivity contribution is 0.318. The van der Waals surface area contributed by atoms with Crippen LogP contribution < -0.4 is 10.1 Å². The summed E-state index contributed by atoms with van der Waals surface area (Å²) in [4.78, 5) is 6.55. The van der Waals surface area contributed by atoms with Gasteiger partial charge in [-0.3, -0.25) is 4.99 Å². The fraction of sp³-hybridized carbons (Fsp3) is 0.588. The molecule has 0 amide bonds. The van der Waals surface area contributed by atoms with Crippen LogP contribution in [0, 0.1) is 0 Å². The van der Waals surface area contributed by atoms with Gasteiger partial charge in [-0.25, -0.2) is 0 Å². The molecule has 0 bridgehead atoms. The van der Waals surface area contributed by atoms with Crippen LogP contribution in [-0.2, 0) is 0 Å². The number of nitrogens with one attached hydrogen (secondary N) is 1. The molecule has 2 N–H and O–H groups in total. The van der Waals surface area contributed by atoms with Crippen molar-refractivity contribution < 1.29 is 9.84 Å². The Morgan fingerprint density at radius 2 is 2.05 bits per heavy atom. The second-order valence-corrected chi connectivity index (χ2v) is 5.42. The summed E-state index contributed by atoms with van der Waals surface area (Å²) in [5.41, 5.74) is 0.699. The normalized spacial score (nSPS) is 11.5. The van der Waals surface area contributed by atoms with Crippen LogP contribution in [0.2, 0.25) is 0 Å². The molecule has 0 saturated carbocycles. The Morgan fingerprint density at radius 3 is 2.77 bits per heavy atom. The summed E-state index contributed by atoms with van der Waals surface area (Å²) in [6.07, 6.45) is 3.86. The van der Waals surface area contributed by atoms with Crippen LogP contribution in [0.4, 0.5) is 0 Å². The summed E-state index contributed by atoms with van der Waals surface area (Å²) in [6, 6.07) is 5.45. The molecule has 0 heterocycles. The highest BCUT2D eigenvalue weighted by atomic mass is 16.5. The summed E-state index contributed by atoms with van der Waals surface area (Å²) < 4.78 is 5.35. The Labute approximate surface area is 134 Å². The van der Waals surface area contributed by atoms with Crippen LogP contribution in [0.15, 0.2) is 23.2 Å². The minimum absolute atomic E-state index is 0.162. The van der Waals surface area contributed by atoms with Gasteiger partial charge < -0.3 is 20.1 Å². The Balaban J connectivity index is 2.22. The largest absolute Gasteiger partial charge is 0.504 e. The van der Waals surface area contributed by atoms with Crippen LogP contribution >= 0.6 is 0 Å². The van der Waals surface area contributed by atoms with Crippen molar-refractivity contribution >= 4 is 6.21 Å². The fourth-order valence-electron chi connectivity index (χ4n) is 2.02. The molecule has 0 aliphatic rings. The molecular formula is C17H29N3O2. The predicted octanol–water partition coefficient (Wildman–Crippen LogP) is 2.14. The van der Waals surface area contributed by atoms with Crippen molar-refractivity contribution in [3.63, 3.8) is 0 Å². The van der Waals surface area contributed by atoms with Gasteiger partial charge >= 0.3 is 0 Å². The van der Waals surface area contributed by atoms with E-state index in [4.69, 9.17) is 4.74 Å². The molecule has 124 valence electrons. The molecule has 0 radical (unpaired) electrons. The monoisotopic (exact) mass is 307 g/mol. The maximum atomic E-state index is 10.0. The van der Waals surface area contributed by atoms with E-state index in [0.29, 0.717) is 17.9 Å². The number of para-hydroxylation sites is 1. The van der Waals surface area contributed by atoms with Crippen molar-refractivity contribution in [1.82, 2.24) is 10.2 Å². The molecular weight excluding hydrogens is 278 g/mol. The second kappa shape index (κ2) is 11.0. The number of hydrogen-bond acceptors (Lipinski definition) is 5. The zero-order chi connectivity index (χ0) is 16.2. The average molecular weight is 307 g/mol. The molecule has 0 saturated heterocycles. The number of benzene rings is 1. The van der Waals surface area contributed by atoms with Crippen molar-refractivity contribution in [2.45, 2.75) is 19.8 Å². The van der Waals surface area contributed by atoms with Crippen molar-refractivity contribution in [1.29, 1.82) is 0 Å². The van der Waals surface area contributed by atoms with Crippen LogP contribution in [0.3, 0.4) is 0 Å². The van der Waals surface area contributed by atoms with Gasteiger partial charge in [0.15, 0.2) is 11.5 Å². The van der Waals surface area contributed by atoms with Crippen LogP contribution in [0.1, 0.15) is 25.3 Å². The Hall–Kier alpha value is -1.59. The second-order valence-electron chi connectivity index (χ2n) is 5.42. The molecule has 1 rings (SSSR count). The quantitative estimate of drug-likeness (QED) is 0.486. The molecule has 0 spiro atoms. The number of rotatable bonds is 11. The highest BCUT2D eigenvalue weighted by molar-refractivity contribution is 5.84. The van der Waals surface area contributed by atoms with Gasteiger partial charge in [-0.1, -0.05) is 6.07 Å². The van der Waals surface area contributed by atoms with Crippen molar-refractivity contribution in [3.8, 4) is 11.5 Å². The van der Waals surface area contributed by atoms with Gasteiger partial charge in [0, 0.05) is 18.3 Å². The Kier molecular flexibility index (Phi) is 9.26. The van der Waals surface area contributed by atoms with Gasteiger partial charge in [-0.2, -0.15) is 0 Å². The lowest BCUT2D eigenvalue weighted by Crippen LogP contribution is -2.22. The average Bonchev–Trinajstić information content (AvgIpc) is 2.49. The summed E-state index contributed by atoms with van der Waals surface area (Å²) in [7, 11) is 4.18. The SMILES string of the molecule is CCOc1cccc(C=NCCCNCCCN(C)C)c1O. The lowest BCUT2D eigenvalue weighted by Gasteiger charge is -2.09. The van der Waals surface area contributed by atoms with E-state index in [9.17, 15) is 5.11 Å². The van der Waals surface area contributed by atoms with E-state index in [-0.39, 0.29) is 5.75 Å². The summed E-state index contributed by atoms with van der Waals surface area (Å²) in [5, 5.41) is 13.4. The van der Waals surface area contributed by atoms with E-state index in [0.717, 1.165) is 39.0 Å². The maximum Gasteiger partial charge on any atom is 0.166 e. The molecule has 5 nitrogen and oxygen atoms in total. The highest BCUT2D eigenvalue weighted by Gasteiger charge is 2.05. The first-order valence-corrected chi connectivity index (χ1v) is 7.95. The van der Waals surface area contributed by atoms with Crippen LogP contribution in [-0.4, -0.2) is 63.1 Å². The van der Waals surface area contributed by atoms with Gasteiger partial charge in [0.05, 0.1) is 6.61 Å². The van der Waals surface area contributed by atoms with E-state index in [1.807, 2.05) is 19.1 Å². The molecule has 0 fully saturated rings. The smallest absolute Gasteiger partial charge is 0.166 e. The highest BCUT2D eigenvalue weighted by Crippen LogP contribution is 2.28. The number of aliphatic imine (C=N–C) groups is 1. The topological polar surface area (TPSA) is 57.1 Å². The van der Waals surface area contributed by atoms with E-state index in [2.05, 4.69) is 29.3 Å². The zero-order valence-electron chi connectivity index (χ0n) is 14.0. The van der Waals surface area contributed by atoms with E-state index < -0.39 is 0 Å². The van der Waals surface area contributed by atoms with Crippen LogP contribution in [0.5, 0.6) is 11.5 Å². The molecule has 5 heteroatoms. The van der Waals surface area contributed by atoms with E-state index in [1.165, 1.54) is 0 Å². The first-order chi connectivity index (χ1) is 10.6. The van der Waals surface area contributed by atoms with Gasteiger partial charge in [0.2, 0.25) is 0 Å². The fourth-order valence-corrected chi connectivity index (χ4v) is 2.02. The van der Waals surface area contributed by atoms with Gasteiger partial charge in [0.25, 0.3) is 0 Å². The van der Waals surface area contributed by atoms with Gasteiger partial charge in [-0.15, -0.1) is 0 Å². The number of phenols is 1. The minimum atomic E-state index is 0.162. The van der Waals surface area contributed by atoms with E-state index >= 15 is 0 Å². The van der Waals surface area contributed by atoms with Crippen LogP contribution in [0.25, 0.3) is 0 Å². The molecule has 0 aliphatic carbocycles. The summed E-state index contributed by atoms with van der Waals surface area (Å²) in [5.74, 6) is 0.670. The minimum Gasteiger partial charge on any atom is -0.504 e. The molecule has 22 heavy (non-hydrogen) atoms. The van der Waals surface area contributed by atoms with E-state index in [1.54, 1.807) is 12.3 Å². The number of nitrogens with zero attached hydrogens (tertiary/aromatic N) is 2. The molecule has 0 aromatic heterocycles. The first kappa shape index (κ1) is 18.5. The predicted molar refractivity (Wildman–Crippen MR) is 92.4 cm³/mol. The van der Waals surface area contributed by atoms with Crippen molar-refractivity contribution in [2.75, 3.05) is 46.9 Å². The maximum absolute atomic E-state index is 10.0. The number of ether oxygens (including phenoxy) is 1. The van der Waals surface area contributed by atoms with Crippen molar-refractivity contribution in [2.24, 2.45) is 4.99 Å². The number of aromatic hydroxyl groups is 1. The third-order valence-electron chi connectivity index (χ3n) is 3.16. The molecule has 0 unspecified atom stereocenters. The molecule has 0 atom stereocenters. The van der Waals surface area contributed by atoms with Crippen molar-refractivity contribution in [3.05, 3.63) is 23.8 Å². The van der Waals surface area contributed by atoms with Gasteiger partial charge in [-0.05, 0) is 65.6 Å². The summed E-state index contributed by atoms with van der Waals surface area (Å²) >= 11 is 0. The number of phenolic OH excluding ortho intramolecular Hbond substituents is 1. The number of hydrogen-bond donors (Lipinski definition) is 2. The summed E-state index contributed by atoms with van der Waals surface area (Å²) in [6.45, 7) is 6.30. The Morgan fingerprint density at radius 1 is 1.27 bits per heavy atom. The third-order valence-corrected chi connectivity index (χ3v) is 3.16. The lowest BCUT2D eigenvalue weighted by atomic mass is 10.2. The molecule has 1 aromatic rings.